The maximum absolute atomic E-state index is 6.14. The monoisotopic (exact) mass is 367 g/mol. The summed E-state index contributed by atoms with van der Waals surface area (Å²) < 4.78 is 6.71. The van der Waals surface area contributed by atoms with Gasteiger partial charge in [0.2, 0.25) is 0 Å². The van der Waals surface area contributed by atoms with E-state index >= 15 is 0 Å². The molecule has 2 nitrogen and oxygen atoms in total. The first kappa shape index (κ1) is 16.3. The van der Waals surface area contributed by atoms with Crippen molar-refractivity contribution in [1.29, 1.82) is 0 Å². The van der Waals surface area contributed by atoms with E-state index in [9.17, 15) is 0 Å². The molecule has 4 heteroatoms. The van der Waals surface area contributed by atoms with Gasteiger partial charge in [0.25, 0.3) is 0 Å². The van der Waals surface area contributed by atoms with E-state index in [1.165, 1.54) is 5.56 Å². The Kier molecular flexibility index (Phi) is 6.09. The molecule has 0 aliphatic carbocycles. The quantitative estimate of drug-likeness (QED) is 0.774. The molecule has 0 aliphatic rings. The number of likely N-dealkylation sites (N-methyl/N-ethyl adjacent to an activating group) is 1. The van der Waals surface area contributed by atoms with E-state index in [1.807, 2.05) is 25.2 Å². The molecule has 2 aromatic rings. The lowest BCUT2D eigenvalue weighted by molar-refractivity contribution is 0.306. The lowest BCUT2D eigenvalue weighted by atomic mass is 10.00. The van der Waals surface area contributed by atoms with E-state index in [0.717, 1.165) is 16.6 Å². The van der Waals surface area contributed by atoms with Crippen molar-refractivity contribution in [2.45, 2.75) is 19.4 Å². The van der Waals surface area contributed by atoms with Crippen molar-refractivity contribution in [3.8, 4) is 5.75 Å². The van der Waals surface area contributed by atoms with Gasteiger partial charge in [-0.1, -0.05) is 58.7 Å². The summed E-state index contributed by atoms with van der Waals surface area (Å²) in [6, 6.07) is 14.1. The SMILES string of the molecule is CNCC(C)c1ccc(COc2ccc(Br)cc2Cl)cc1. The molecule has 1 atom stereocenters. The molecule has 2 rings (SSSR count). The Morgan fingerprint density at radius 1 is 1.19 bits per heavy atom. The molecular weight excluding hydrogens is 350 g/mol. The molecule has 0 saturated carbocycles. The second-order valence-corrected chi connectivity index (χ2v) is 6.39. The fourth-order valence-corrected chi connectivity index (χ4v) is 2.85. The van der Waals surface area contributed by atoms with Crippen LogP contribution in [0.5, 0.6) is 5.75 Å². The zero-order chi connectivity index (χ0) is 15.2. The zero-order valence-electron chi connectivity index (χ0n) is 12.2. The largest absolute Gasteiger partial charge is 0.487 e. The van der Waals surface area contributed by atoms with Crippen LogP contribution in [0.2, 0.25) is 5.02 Å². The molecule has 21 heavy (non-hydrogen) atoms. The van der Waals surface area contributed by atoms with Crippen molar-refractivity contribution < 1.29 is 4.74 Å². The normalized spacial score (nSPS) is 12.2. The van der Waals surface area contributed by atoms with Crippen LogP contribution in [0.4, 0.5) is 0 Å². The van der Waals surface area contributed by atoms with Crippen molar-refractivity contribution in [1.82, 2.24) is 5.32 Å². The molecule has 0 fully saturated rings. The molecule has 2 aromatic carbocycles. The highest BCUT2D eigenvalue weighted by molar-refractivity contribution is 9.10. The Morgan fingerprint density at radius 3 is 2.52 bits per heavy atom. The van der Waals surface area contributed by atoms with E-state index in [0.29, 0.717) is 23.3 Å². The van der Waals surface area contributed by atoms with Gasteiger partial charge in [-0.25, -0.2) is 0 Å². The van der Waals surface area contributed by atoms with Crippen LogP contribution in [0.25, 0.3) is 0 Å². The van der Waals surface area contributed by atoms with E-state index in [2.05, 4.69) is 52.4 Å². The second kappa shape index (κ2) is 7.83. The maximum Gasteiger partial charge on any atom is 0.138 e. The van der Waals surface area contributed by atoms with Gasteiger partial charge in [-0.3, -0.25) is 0 Å². The predicted molar refractivity (Wildman–Crippen MR) is 92.3 cm³/mol. The first-order valence-electron chi connectivity index (χ1n) is 6.91. The summed E-state index contributed by atoms with van der Waals surface area (Å²) in [5, 5.41) is 3.81. The first-order chi connectivity index (χ1) is 10.1. The Labute approximate surface area is 139 Å². The summed E-state index contributed by atoms with van der Waals surface area (Å²) in [7, 11) is 1.97. The number of rotatable bonds is 6. The molecular formula is C17H19BrClNO. The predicted octanol–water partition coefficient (Wildman–Crippen LogP) is 5.00. The summed E-state index contributed by atoms with van der Waals surface area (Å²) in [5.41, 5.74) is 2.46. The Hall–Kier alpha value is -1.03. The lowest BCUT2D eigenvalue weighted by Crippen LogP contribution is -2.14. The van der Waals surface area contributed by atoms with Gasteiger partial charge in [0.15, 0.2) is 0 Å². The number of halogens is 2. The van der Waals surface area contributed by atoms with Gasteiger partial charge < -0.3 is 10.1 Å². The van der Waals surface area contributed by atoms with E-state index < -0.39 is 0 Å². The molecule has 112 valence electrons. The molecule has 0 aromatic heterocycles. The summed E-state index contributed by atoms with van der Waals surface area (Å²) in [6.45, 7) is 3.70. The molecule has 0 spiro atoms. The van der Waals surface area contributed by atoms with Gasteiger partial charge in [0.1, 0.15) is 12.4 Å². The first-order valence-corrected chi connectivity index (χ1v) is 8.08. The molecule has 0 heterocycles. The fourth-order valence-electron chi connectivity index (χ4n) is 2.12. The topological polar surface area (TPSA) is 21.3 Å². The number of ether oxygens (including phenoxy) is 1. The van der Waals surface area contributed by atoms with Crippen LogP contribution in [0.3, 0.4) is 0 Å². The molecule has 0 saturated heterocycles. The van der Waals surface area contributed by atoms with Crippen molar-refractivity contribution in [2.75, 3.05) is 13.6 Å². The smallest absolute Gasteiger partial charge is 0.138 e. The third-order valence-electron chi connectivity index (χ3n) is 3.35. The number of nitrogens with one attached hydrogen (secondary N) is 1. The average Bonchev–Trinajstić information content (AvgIpc) is 2.47. The summed E-state index contributed by atoms with van der Waals surface area (Å²) >= 11 is 9.52. The molecule has 0 radical (unpaired) electrons. The lowest BCUT2D eigenvalue weighted by Gasteiger charge is -2.12. The van der Waals surface area contributed by atoms with Gasteiger partial charge in [-0.05, 0) is 42.3 Å². The zero-order valence-corrected chi connectivity index (χ0v) is 14.5. The molecule has 0 bridgehead atoms. The van der Waals surface area contributed by atoms with Crippen molar-refractivity contribution in [2.24, 2.45) is 0 Å². The third kappa shape index (κ3) is 4.73. The van der Waals surface area contributed by atoms with Crippen molar-refractivity contribution in [3.05, 3.63) is 63.1 Å². The summed E-state index contributed by atoms with van der Waals surface area (Å²) in [4.78, 5) is 0. The standard InChI is InChI=1S/C17H19BrClNO/c1-12(10-20-2)14-5-3-13(4-6-14)11-21-17-8-7-15(18)9-16(17)19/h3-9,12,20H,10-11H2,1-2H3. The second-order valence-electron chi connectivity index (χ2n) is 5.06. The maximum atomic E-state index is 6.14. The Bertz CT molecular complexity index is 586. The van der Waals surface area contributed by atoms with Crippen LogP contribution in [-0.4, -0.2) is 13.6 Å². The Balaban J connectivity index is 1.97. The van der Waals surface area contributed by atoms with Gasteiger partial charge in [-0.2, -0.15) is 0 Å². The molecule has 1 N–H and O–H groups in total. The van der Waals surface area contributed by atoms with Gasteiger partial charge in [0, 0.05) is 11.0 Å². The highest BCUT2D eigenvalue weighted by Gasteiger charge is 2.05. The third-order valence-corrected chi connectivity index (χ3v) is 4.14. The fraction of sp³-hybridized carbons (Fsp3) is 0.294. The number of hydrogen-bond acceptors (Lipinski definition) is 2. The van der Waals surface area contributed by atoms with Crippen molar-refractivity contribution >= 4 is 27.5 Å². The van der Waals surface area contributed by atoms with Gasteiger partial charge >= 0.3 is 0 Å². The van der Waals surface area contributed by atoms with Gasteiger partial charge in [0.05, 0.1) is 5.02 Å². The van der Waals surface area contributed by atoms with Crippen LogP contribution >= 0.6 is 27.5 Å². The number of benzene rings is 2. The molecule has 0 aliphatic heterocycles. The van der Waals surface area contributed by atoms with Crippen LogP contribution in [-0.2, 0) is 6.61 Å². The van der Waals surface area contributed by atoms with Crippen LogP contribution in [0.1, 0.15) is 24.0 Å². The average molecular weight is 369 g/mol. The van der Waals surface area contributed by atoms with Crippen LogP contribution < -0.4 is 10.1 Å². The Morgan fingerprint density at radius 2 is 1.90 bits per heavy atom. The summed E-state index contributed by atoms with van der Waals surface area (Å²) in [5.74, 6) is 1.21. The minimum atomic E-state index is 0.505. The van der Waals surface area contributed by atoms with E-state index in [-0.39, 0.29) is 0 Å². The highest BCUT2D eigenvalue weighted by Crippen LogP contribution is 2.28. The van der Waals surface area contributed by atoms with Gasteiger partial charge in [-0.15, -0.1) is 0 Å². The highest BCUT2D eigenvalue weighted by atomic mass is 79.9. The van der Waals surface area contributed by atoms with Crippen LogP contribution in [0, 0.1) is 0 Å². The molecule has 0 amide bonds. The van der Waals surface area contributed by atoms with E-state index in [4.69, 9.17) is 16.3 Å². The van der Waals surface area contributed by atoms with E-state index in [1.54, 1.807) is 0 Å². The van der Waals surface area contributed by atoms with Crippen molar-refractivity contribution in [3.63, 3.8) is 0 Å². The minimum absolute atomic E-state index is 0.505. The number of hydrogen-bond donors (Lipinski definition) is 1. The molecule has 1 unspecified atom stereocenters. The minimum Gasteiger partial charge on any atom is -0.487 e. The summed E-state index contributed by atoms with van der Waals surface area (Å²) in [6.07, 6.45) is 0. The van der Waals surface area contributed by atoms with Crippen LogP contribution in [0.15, 0.2) is 46.9 Å².